The second-order valence-corrected chi connectivity index (χ2v) is 6.62. The number of nitrogens with zero attached hydrogens (tertiary/aromatic N) is 1. The third-order valence-corrected chi connectivity index (χ3v) is 4.58. The highest BCUT2D eigenvalue weighted by Gasteiger charge is 2.17. The molecule has 2 aromatic rings. The van der Waals surface area contributed by atoms with E-state index in [1.807, 2.05) is 31.2 Å². The number of nitro groups is 1. The molecule has 142 valence electrons. The molecule has 0 saturated heterocycles. The molecule has 27 heavy (non-hydrogen) atoms. The zero-order valence-electron chi connectivity index (χ0n) is 14.6. The monoisotopic (exact) mass is 389 g/mol. The summed E-state index contributed by atoms with van der Waals surface area (Å²) in [7, 11) is 0. The second-order valence-electron chi connectivity index (χ2n) is 5.60. The summed E-state index contributed by atoms with van der Waals surface area (Å²) >= 11 is 1.01. The number of carbonyl (C=O) groups excluding carboxylic acids is 2. The van der Waals surface area contributed by atoms with E-state index in [4.69, 9.17) is 10.5 Å². The van der Waals surface area contributed by atoms with Gasteiger partial charge >= 0.3 is 0 Å². The lowest BCUT2D eigenvalue weighted by atomic mass is 10.2. The predicted molar refractivity (Wildman–Crippen MR) is 102 cm³/mol. The first-order valence-electron chi connectivity index (χ1n) is 8.04. The van der Waals surface area contributed by atoms with Crippen LogP contribution in [0, 0.1) is 17.0 Å². The Hall–Kier alpha value is -3.07. The fraction of sp³-hybridized carbons (Fsp3) is 0.222. The van der Waals surface area contributed by atoms with E-state index in [0.717, 1.165) is 29.1 Å². The Kier molecular flexibility index (Phi) is 7.18. The van der Waals surface area contributed by atoms with Crippen LogP contribution in [0.1, 0.15) is 15.9 Å². The van der Waals surface area contributed by atoms with Crippen molar-refractivity contribution in [1.29, 1.82) is 0 Å². The number of nitrogens with two attached hydrogens (primary N) is 1. The van der Waals surface area contributed by atoms with E-state index >= 15 is 0 Å². The van der Waals surface area contributed by atoms with Crippen LogP contribution < -0.4 is 15.8 Å². The van der Waals surface area contributed by atoms with Crippen molar-refractivity contribution in [2.75, 3.05) is 18.9 Å². The number of aryl methyl sites for hydroxylation is 1. The van der Waals surface area contributed by atoms with Crippen LogP contribution in [0.2, 0.25) is 0 Å². The van der Waals surface area contributed by atoms with Gasteiger partial charge in [0.25, 0.3) is 5.69 Å². The maximum atomic E-state index is 11.9. The van der Waals surface area contributed by atoms with E-state index in [1.54, 1.807) is 0 Å². The number of hydrogen-bond donors (Lipinski definition) is 2. The van der Waals surface area contributed by atoms with E-state index in [-0.39, 0.29) is 27.8 Å². The van der Waals surface area contributed by atoms with Crippen molar-refractivity contribution < 1.29 is 19.2 Å². The molecule has 0 unspecified atom stereocenters. The van der Waals surface area contributed by atoms with Gasteiger partial charge < -0.3 is 15.8 Å². The first kappa shape index (κ1) is 20.2. The summed E-state index contributed by atoms with van der Waals surface area (Å²) in [5, 5.41) is 13.8. The molecule has 2 aromatic carbocycles. The normalized spacial score (nSPS) is 10.3. The lowest BCUT2D eigenvalue weighted by Crippen LogP contribution is -2.29. The number of nitrogens with one attached hydrogen (secondary N) is 1. The third-order valence-electron chi connectivity index (χ3n) is 3.51. The van der Waals surface area contributed by atoms with Gasteiger partial charge in [-0.2, -0.15) is 0 Å². The van der Waals surface area contributed by atoms with E-state index < -0.39 is 10.8 Å². The molecule has 0 aromatic heterocycles. The average molecular weight is 389 g/mol. The summed E-state index contributed by atoms with van der Waals surface area (Å²) in [6.45, 7) is 2.61. The van der Waals surface area contributed by atoms with E-state index in [1.165, 1.54) is 12.1 Å². The topological polar surface area (TPSA) is 125 Å². The predicted octanol–water partition coefficient (Wildman–Crippen LogP) is 2.29. The molecule has 0 aliphatic carbocycles. The van der Waals surface area contributed by atoms with Gasteiger partial charge in [-0.3, -0.25) is 19.7 Å². The lowest BCUT2D eigenvalue weighted by Gasteiger charge is -2.08. The van der Waals surface area contributed by atoms with Crippen molar-refractivity contribution in [1.82, 2.24) is 5.32 Å². The molecule has 0 heterocycles. The minimum Gasteiger partial charge on any atom is -0.492 e. The highest BCUT2D eigenvalue weighted by molar-refractivity contribution is 8.00. The van der Waals surface area contributed by atoms with Gasteiger partial charge in [0.05, 0.1) is 22.1 Å². The van der Waals surface area contributed by atoms with Crippen LogP contribution in [0.4, 0.5) is 5.69 Å². The molecular formula is C18H19N3O5S. The Morgan fingerprint density at radius 3 is 2.56 bits per heavy atom. The smallest absolute Gasteiger partial charge is 0.283 e. The zero-order chi connectivity index (χ0) is 19.8. The average Bonchev–Trinajstić information content (AvgIpc) is 2.64. The van der Waals surface area contributed by atoms with Gasteiger partial charge in [0.1, 0.15) is 12.4 Å². The highest BCUT2D eigenvalue weighted by atomic mass is 32.2. The van der Waals surface area contributed by atoms with Crippen LogP contribution in [0.15, 0.2) is 47.4 Å². The Bertz CT molecular complexity index is 839. The number of nitro benzene ring substituents is 1. The Morgan fingerprint density at radius 1 is 1.22 bits per heavy atom. The van der Waals surface area contributed by atoms with Gasteiger partial charge in [-0.25, -0.2) is 0 Å². The van der Waals surface area contributed by atoms with Crippen LogP contribution in [0.5, 0.6) is 5.75 Å². The maximum absolute atomic E-state index is 11.9. The number of amides is 2. The van der Waals surface area contributed by atoms with Crippen LogP contribution >= 0.6 is 11.8 Å². The van der Waals surface area contributed by atoms with Crippen LogP contribution in [-0.4, -0.2) is 35.6 Å². The van der Waals surface area contributed by atoms with Crippen molar-refractivity contribution >= 4 is 29.3 Å². The van der Waals surface area contributed by atoms with Gasteiger partial charge in [-0.05, 0) is 31.2 Å². The van der Waals surface area contributed by atoms with Crippen LogP contribution in [0.25, 0.3) is 0 Å². The fourth-order valence-corrected chi connectivity index (χ4v) is 2.96. The second kappa shape index (κ2) is 9.58. The quantitative estimate of drug-likeness (QED) is 0.293. The first-order chi connectivity index (χ1) is 12.9. The van der Waals surface area contributed by atoms with Crippen molar-refractivity contribution in [3.8, 4) is 5.75 Å². The molecule has 0 spiro atoms. The van der Waals surface area contributed by atoms with Crippen molar-refractivity contribution in [3.05, 3.63) is 63.7 Å². The molecule has 8 nitrogen and oxygen atoms in total. The molecule has 0 aliphatic heterocycles. The number of thioether (sulfide) groups is 1. The Morgan fingerprint density at radius 2 is 1.93 bits per heavy atom. The highest BCUT2D eigenvalue weighted by Crippen LogP contribution is 2.29. The van der Waals surface area contributed by atoms with Gasteiger partial charge in [-0.15, -0.1) is 11.8 Å². The van der Waals surface area contributed by atoms with E-state index in [0.29, 0.717) is 13.2 Å². The molecule has 2 rings (SSSR count). The number of hydrogen-bond acceptors (Lipinski definition) is 6. The fourth-order valence-electron chi connectivity index (χ4n) is 2.12. The number of benzene rings is 2. The Balaban J connectivity index is 1.80. The SMILES string of the molecule is Cc1ccc(OCCNC(=O)CSc2ccc(C(N)=O)cc2[N+](=O)[O-])cc1. The third kappa shape index (κ3) is 6.30. The van der Waals surface area contributed by atoms with Crippen LogP contribution in [0.3, 0.4) is 0 Å². The molecular weight excluding hydrogens is 370 g/mol. The molecule has 2 amide bonds. The molecule has 0 atom stereocenters. The number of carbonyl (C=O) groups is 2. The molecule has 9 heteroatoms. The van der Waals surface area contributed by atoms with Gasteiger partial charge in [0.2, 0.25) is 11.8 Å². The number of primary amides is 1. The van der Waals surface area contributed by atoms with Gasteiger partial charge in [-0.1, -0.05) is 17.7 Å². The maximum Gasteiger partial charge on any atom is 0.283 e. The summed E-state index contributed by atoms with van der Waals surface area (Å²) < 4.78 is 5.51. The molecule has 0 saturated carbocycles. The largest absolute Gasteiger partial charge is 0.492 e. The summed E-state index contributed by atoms with van der Waals surface area (Å²) in [5.41, 5.74) is 6.05. The minimum absolute atomic E-state index is 0.00128. The minimum atomic E-state index is -0.749. The van der Waals surface area contributed by atoms with Gasteiger partial charge in [0, 0.05) is 11.6 Å². The molecule has 0 fully saturated rings. The van der Waals surface area contributed by atoms with Crippen LogP contribution in [-0.2, 0) is 4.79 Å². The van der Waals surface area contributed by atoms with Crippen molar-refractivity contribution in [2.45, 2.75) is 11.8 Å². The summed E-state index contributed by atoms with van der Waals surface area (Å²) in [6, 6.07) is 11.5. The van der Waals surface area contributed by atoms with Crippen molar-refractivity contribution in [3.63, 3.8) is 0 Å². The summed E-state index contributed by atoms with van der Waals surface area (Å²) in [6.07, 6.45) is 0. The van der Waals surface area contributed by atoms with Crippen molar-refractivity contribution in [2.24, 2.45) is 5.73 Å². The standard InChI is InChI=1S/C18H19N3O5S/c1-12-2-5-14(6-3-12)26-9-8-20-17(22)11-27-16-7-4-13(18(19)23)10-15(16)21(24)25/h2-7,10H,8-9,11H2,1H3,(H2,19,23)(H,20,22). The number of rotatable bonds is 9. The first-order valence-corrected chi connectivity index (χ1v) is 9.02. The lowest BCUT2D eigenvalue weighted by molar-refractivity contribution is -0.387. The summed E-state index contributed by atoms with van der Waals surface area (Å²) in [4.78, 5) is 33.8. The molecule has 0 bridgehead atoms. The zero-order valence-corrected chi connectivity index (χ0v) is 15.5. The molecule has 0 radical (unpaired) electrons. The molecule has 0 aliphatic rings. The molecule has 3 N–H and O–H groups in total. The summed E-state index contributed by atoms with van der Waals surface area (Å²) in [5.74, 6) is -0.308. The van der Waals surface area contributed by atoms with Gasteiger partial charge in [0.15, 0.2) is 0 Å². The number of ether oxygens (including phenoxy) is 1. The van der Waals surface area contributed by atoms with E-state index in [9.17, 15) is 19.7 Å². The Labute approximate surface area is 160 Å². The van der Waals surface area contributed by atoms with E-state index in [2.05, 4.69) is 5.32 Å².